The summed E-state index contributed by atoms with van der Waals surface area (Å²) in [4.78, 5) is 13.7. The number of carbonyl (C=O) groups excluding carboxylic acids is 1. The minimum absolute atomic E-state index is 0.0855. The van der Waals surface area contributed by atoms with Crippen molar-refractivity contribution in [3.8, 4) is 17.1 Å². The summed E-state index contributed by atoms with van der Waals surface area (Å²) in [5.41, 5.74) is 1.82. The molecule has 3 aromatic rings. The van der Waals surface area contributed by atoms with Crippen molar-refractivity contribution in [2.24, 2.45) is 0 Å². The summed E-state index contributed by atoms with van der Waals surface area (Å²) < 4.78 is 7.23. The molecular weight excluding hydrogens is 404 g/mol. The van der Waals surface area contributed by atoms with Crippen molar-refractivity contribution in [2.45, 2.75) is 44.8 Å². The van der Waals surface area contributed by atoms with Crippen molar-refractivity contribution in [1.82, 2.24) is 14.8 Å². The Morgan fingerprint density at radius 1 is 1.21 bits per heavy atom. The van der Waals surface area contributed by atoms with Crippen LogP contribution in [-0.4, -0.2) is 33.5 Å². The summed E-state index contributed by atoms with van der Waals surface area (Å²) in [5.74, 6) is 2.26. The third-order valence-electron chi connectivity index (χ3n) is 4.33. The van der Waals surface area contributed by atoms with Crippen LogP contribution in [0.15, 0.2) is 40.9 Å². The van der Waals surface area contributed by atoms with Crippen LogP contribution >= 0.6 is 23.1 Å². The molecule has 29 heavy (non-hydrogen) atoms. The monoisotopic (exact) mass is 430 g/mol. The van der Waals surface area contributed by atoms with E-state index in [0.29, 0.717) is 5.92 Å². The molecule has 2 aromatic heterocycles. The number of hydrogen-bond acceptors (Lipinski definition) is 6. The average molecular weight is 431 g/mol. The molecule has 0 spiro atoms. The van der Waals surface area contributed by atoms with Gasteiger partial charge in [0.05, 0.1) is 12.9 Å². The van der Waals surface area contributed by atoms with Gasteiger partial charge in [0, 0.05) is 27.5 Å². The molecule has 0 radical (unpaired) electrons. The summed E-state index contributed by atoms with van der Waals surface area (Å²) >= 11 is 3.14. The molecular formula is C21H26N4O2S2. The fourth-order valence-electron chi connectivity index (χ4n) is 2.81. The second-order valence-electron chi connectivity index (χ2n) is 7.23. The molecule has 8 heteroatoms. The number of hydrogen-bond donors (Lipinski definition) is 1. The number of nitrogens with zero attached hydrogens (tertiary/aromatic N) is 3. The zero-order chi connectivity index (χ0) is 21.0. The third kappa shape index (κ3) is 5.19. The topological polar surface area (TPSA) is 69.0 Å². The summed E-state index contributed by atoms with van der Waals surface area (Å²) in [6.45, 7) is 8.57. The number of nitrogens with one attached hydrogen (secondary N) is 1. The van der Waals surface area contributed by atoms with Crippen molar-refractivity contribution in [3.63, 3.8) is 0 Å². The lowest BCUT2D eigenvalue weighted by Gasteiger charge is -2.13. The minimum atomic E-state index is -0.0855. The van der Waals surface area contributed by atoms with Crippen LogP contribution in [0.5, 0.6) is 5.75 Å². The highest BCUT2D eigenvalue weighted by Gasteiger charge is 2.19. The lowest BCUT2D eigenvalue weighted by Crippen LogP contribution is -2.15. The molecule has 0 bridgehead atoms. The van der Waals surface area contributed by atoms with Gasteiger partial charge in [0.15, 0.2) is 11.0 Å². The summed E-state index contributed by atoms with van der Waals surface area (Å²) in [7, 11) is 1.61. The Balaban J connectivity index is 1.70. The fourth-order valence-corrected chi connectivity index (χ4v) is 4.58. The number of anilines is 1. The molecule has 0 saturated heterocycles. The Labute approximate surface area is 179 Å². The first kappa shape index (κ1) is 21.4. The van der Waals surface area contributed by atoms with Crippen LogP contribution in [0.3, 0.4) is 0 Å². The van der Waals surface area contributed by atoms with Crippen LogP contribution in [0.25, 0.3) is 11.4 Å². The quantitative estimate of drug-likeness (QED) is 0.481. The molecule has 0 unspecified atom stereocenters. The van der Waals surface area contributed by atoms with Gasteiger partial charge in [0.1, 0.15) is 5.75 Å². The van der Waals surface area contributed by atoms with E-state index in [1.807, 2.05) is 24.3 Å². The van der Waals surface area contributed by atoms with Gasteiger partial charge in [-0.15, -0.1) is 21.5 Å². The van der Waals surface area contributed by atoms with Gasteiger partial charge in [0.25, 0.3) is 0 Å². The normalized spacial score (nSPS) is 11.3. The van der Waals surface area contributed by atoms with E-state index in [-0.39, 0.29) is 17.7 Å². The van der Waals surface area contributed by atoms with E-state index in [0.717, 1.165) is 28.0 Å². The molecule has 1 amide bonds. The van der Waals surface area contributed by atoms with E-state index in [4.69, 9.17) is 4.74 Å². The second kappa shape index (κ2) is 9.45. The minimum Gasteiger partial charge on any atom is -0.497 e. The standard InChI is InChI=1S/C21H26N4O2S2/c1-13(2)18-10-15(11-28-18)20-23-24-21(25(20)14(3)4)29-12-19(26)22-16-6-8-17(27-5)9-7-16/h6-11,13-14H,12H2,1-5H3,(H,22,26). The molecule has 3 rings (SSSR count). The van der Waals surface area contributed by atoms with Gasteiger partial charge >= 0.3 is 0 Å². The fraction of sp³-hybridized carbons (Fsp3) is 0.381. The highest BCUT2D eigenvalue weighted by atomic mass is 32.2. The van der Waals surface area contributed by atoms with E-state index >= 15 is 0 Å². The molecule has 6 nitrogen and oxygen atoms in total. The van der Waals surface area contributed by atoms with E-state index in [1.165, 1.54) is 16.6 Å². The van der Waals surface area contributed by atoms with E-state index in [1.54, 1.807) is 18.4 Å². The van der Waals surface area contributed by atoms with Gasteiger partial charge in [-0.05, 0) is 50.1 Å². The summed E-state index contributed by atoms with van der Waals surface area (Å²) in [6.07, 6.45) is 0. The average Bonchev–Trinajstić information content (AvgIpc) is 3.34. The highest BCUT2D eigenvalue weighted by Crippen LogP contribution is 2.32. The molecule has 0 aliphatic carbocycles. The zero-order valence-corrected chi connectivity index (χ0v) is 18.9. The first-order valence-electron chi connectivity index (χ1n) is 9.49. The van der Waals surface area contributed by atoms with E-state index in [2.05, 4.69) is 59.2 Å². The Hall–Kier alpha value is -2.32. The zero-order valence-electron chi connectivity index (χ0n) is 17.3. The number of thioether (sulfide) groups is 1. The maximum atomic E-state index is 12.4. The van der Waals surface area contributed by atoms with Crippen molar-refractivity contribution in [3.05, 3.63) is 40.6 Å². The Bertz CT molecular complexity index is 961. The van der Waals surface area contributed by atoms with Gasteiger partial charge in [-0.25, -0.2) is 0 Å². The van der Waals surface area contributed by atoms with Crippen molar-refractivity contribution < 1.29 is 9.53 Å². The summed E-state index contributed by atoms with van der Waals surface area (Å²) in [5, 5.41) is 14.5. The number of ether oxygens (including phenoxy) is 1. The molecule has 0 aliphatic rings. The number of carbonyl (C=O) groups is 1. The second-order valence-corrected chi connectivity index (χ2v) is 9.11. The van der Waals surface area contributed by atoms with Gasteiger partial charge in [-0.2, -0.15) is 0 Å². The Morgan fingerprint density at radius 3 is 2.52 bits per heavy atom. The summed E-state index contributed by atoms with van der Waals surface area (Å²) in [6, 6.07) is 9.64. The van der Waals surface area contributed by atoms with Gasteiger partial charge in [0.2, 0.25) is 5.91 Å². The van der Waals surface area contributed by atoms with Crippen LogP contribution in [0.4, 0.5) is 5.69 Å². The molecule has 0 fully saturated rings. The van der Waals surface area contributed by atoms with Crippen molar-refractivity contribution >= 4 is 34.7 Å². The molecule has 0 saturated carbocycles. The lowest BCUT2D eigenvalue weighted by atomic mass is 10.1. The molecule has 0 atom stereocenters. The number of benzene rings is 1. The van der Waals surface area contributed by atoms with E-state index < -0.39 is 0 Å². The molecule has 1 aromatic carbocycles. The molecule has 154 valence electrons. The number of methoxy groups -OCH3 is 1. The third-order valence-corrected chi connectivity index (χ3v) is 6.51. The Kier molecular flexibility index (Phi) is 6.97. The largest absolute Gasteiger partial charge is 0.497 e. The maximum absolute atomic E-state index is 12.4. The smallest absolute Gasteiger partial charge is 0.234 e. The lowest BCUT2D eigenvalue weighted by molar-refractivity contribution is -0.113. The molecule has 1 N–H and O–H groups in total. The van der Waals surface area contributed by atoms with Crippen LogP contribution in [-0.2, 0) is 4.79 Å². The number of amides is 1. The predicted octanol–water partition coefficient (Wildman–Crippen LogP) is 5.45. The van der Waals surface area contributed by atoms with Gasteiger partial charge in [-0.3, -0.25) is 9.36 Å². The van der Waals surface area contributed by atoms with E-state index in [9.17, 15) is 4.79 Å². The van der Waals surface area contributed by atoms with Crippen LogP contribution in [0, 0.1) is 0 Å². The predicted molar refractivity (Wildman–Crippen MR) is 120 cm³/mol. The molecule has 0 aliphatic heterocycles. The van der Waals surface area contributed by atoms with Gasteiger partial charge in [-0.1, -0.05) is 25.6 Å². The van der Waals surface area contributed by atoms with Crippen molar-refractivity contribution in [1.29, 1.82) is 0 Å². The van der Waals surface area contributed by atoms with Crippen LogP contribution in [0.2, 0.25) is 0 Å². The number of thiophene rings is 1. The molecule has 2 heterocycles. The first-order valence-corrected chi connectivity index (χ1v) is 11.4. The number of aromatic nitrogens is 3. The Morgan fingerprint density at radius 2 is 1.93 bits per heavy atom. The first-order chi connectivity index (χ1) is 13.9. The van der Waals surface area contributed by atoms with Gasteiger partial charge < -0.3 is 10.1 Å². The van der Waals surface area contributed by atoms with Crippen molar-refractivity contribution in [2.75, 3.05) is 18.2 Å². The van der Waals surface area contributed by atoms with Crippen LogP contribution < -0.4 is 10.1 Å². The highest BCUT2D eigenvalue weighted by molar-refractivity contribution is 7.99. The van der Waals surface area contributed by atoms with Crippen LogP contribution in [0.1, 0.15) is 44.5 Å². The maximum Gasteiger partial charge on any atom is 0.234 e. The SMILES string of the molecule is COc1ccc(NC(=O)CSc2nnc(-c3csc(C(C)C)c3)n2C(C)C)cc1. The number of rotatable bonds is 8.